The van der Waals surface area contributed by atoms with Crippen LogP contribution in [0.5, 0.6) is 0 Å². The van der Waals surface area contributed by atoms with Crippen LogP contribution in [-0.4, -0.2) is 4.92 Å². The molecular weight excluding hydrogens is 226 g/mol. The molecule has 3 nitrogen and oxygen atoms in total. The fourth-order valence-electron chi connectivity index (χ4n) is 2.08. The van der Waals surface area contributed by atoms with Gasteiger partial charge < -0.3 is 0 Å². The van der Waals surface area contributed by atoms with Crippen LogP contribution < -0.4 is 0 Å². The Kier molecular flexibility index (Phi) is 3.42. The van der Waals surface area contributed by atoms with Gasteiger partial charge in [0.15, 0.2) is 0 Å². The van der Waals surface area contributed by atoms with E-state index in [1.807, 2.05) is 50.2 Å². The molecule has 18 heavy (non-hydrogen) atoms. The Labute approximate surface area is 106 Å². The molecule has 0 spiro atoms. The Morgan fingerprint density at radius 2 is 1.67 bits per heavy atom. The van der Waals surface area contributed by atoms with E-state index in [1.165, 1.54) is 0 Å². The number of benzene rings is 2. The highest BCUT2D eigenvalue weighted by Gasteiger charge is 2.20. The first-order chi connectivity index (χ1) is 8.61. The van der Waals surface area contributed by atoms with Gasteiger partial charge in [-0.1, -0.05) is 56.3 Å². The predicted octanol–water partition coefficient (Wildman–Crippen LogP) is 4.22. The van der Waals surface area contributed by atoms with Gasteiger partial charge in [0, 0.05) is 17.5 Å². The van der Waals surface area contributed by atoms with Crippen molar-refractivity contribution in [3.8, 4) is 11.1 Å². The lowest BCUT2D eigenvalue weighted by atomic mass is 9.91. The molecule has 1 radical (unpaired) electrons. The average Bonchev–Trinajstić information content (AvgIpc) is 2.38. The van der Waals surface area contributed by atoms with Crippen molar-refractivity contribution in [3.05, 3.63) is 70.1 Å². The minimum absolute atomic E-state index is 0.163. The molecule has 0 aliphatic rings. The van der Waals surface area contributed by atoms with Crippen LogP contribution in [0.15, 0.2) is 48.5 Å². The second-order valence-corrected chi connectivity index (χ2v) is 4.32. The maximum absolute atomic E-state index is 11.1. The lowest BCUT2D eigenvalue weighted by molar-refractivity contribution is -0.385. The number of nitro benzene ring substituents is 1. The summed E-state index contributed by atoms with van der Waals surface area (Å²) in [5.74, 6) is 0.946. The van der Waals surface area contributed by atoms with Gasteiger partial charge in [0.1, 0.15) is 0 Å². The van der Waals surface area contributed by atoms with Gasteiger partial charge in [-0.3, -0.25) is 10.1 Å². The molecule has 0 fully saturated rings. The highest BCUT2D eigenvalue weighted by molar-refractivity contribution is 5.74. The third-order valence-electron chi connectivity index (χ3n) is 2.82. The third kappa shape index (κ3) is 2.25. The maximum Gasteiger partial charge on any atom is 0.273 e. The molecule has 0 aliphatic carbocycles. The fourth-order valence-corrected chi connectivity index (χ4v) is 2.08. The second-order valence-electron chi connectivity index (χ2n) is 4.32. The Bertz CT molecular complexity index is 562. The number of nitrogens with zero attached hydrogens (tertiary/aromatic N) is 1. The van der Waals surface area contributed by atoms with Gasteiger partial charge in [-0.15, -0.1) is 0 Å². The summed E-state index contributed by atoms with van der Waals surface area (Å²) >= 11 is 0. The number of rotatable bonds is 3. The van der Waals surface area contributed by atoms with Gasteiger partial charge in [-0.05, 0) is 11.1 Å². The Hall–Kier alpha value is -2.16. The van der Waals surface area contributed by atoms with E-state index in [2.05, 4.69) is 0 Å². The minimum Gasteiger partial charge on any atom is -0.258 e. The molecule has 0 atom stereocenters. The number of nitro groups is 1. The summed E-state index contributed by atoms with van der Waals surface area (Å²) < 4.78 is 0. The van der Waals surface area contributed by atoms with Gasteiger partial charge in [0.2, 0.25) is 0 Å². The lowest BCUT2D eigenvalue weighted by Crippen LogP contribution is -2.00. The summed E-state index contributed by atoms with van der Waals surface area (Å²) in [4.78, 5) is 10.8. The van der Waals surface area contributed by atoms with Crippen LogP contribution in [0.2, 0.25) is 0 Å². The molecule has 0 unspecified atom stereocenters. The van der Waals surface area contributed by atoms with Gasteiger partial charge in [0.05, 0.1) is 4.92 Å². The van der Waals surface area contributed by atoms with Crippen molar-refractivity contribution in [3.63, 3.8) is 0 Å². The summed E-state index contributed by atoms with van der Waals surface area (Å²) in [6, 6.07) is 14.9. The predicted molar refractivity (Wildman–Crippen MR) is 72.2 cm³/mol. The lowest BCUT2D eigenvalue weighted by Gasteiger charge is -2.12. The highest BCUT2D eigenvalue weighted by Crippen LogP contribution is 2.35. The molecule has 91 valence electrons. The SMILES string of the molecule is C[C](C)c1c(-c2ccccc2)cccc1[N+](=O)[O-]. The van der Waals surface area contributed by atoms with Crippen molar-refractivity contribution in [2.75, 3.05) is 0 Å². The van der Waals surface area contributed by atoms with Crippen LogP contribution in [0.4, 0.5) is 5.69 Å². The number of hydrogen-bond donors (Lipinski definition) is 0. The largest absolute Gasteiger partial charge is 0.273 e. The first kappa shape index (κ1) is 12.3. The molecule has 2 aromatic rings. The zero-order valence-electron chi connectivity index (χ0n) is 10.4. The van der Waals surface area contributed by atoms with E-state index in [0.29, 0.717) is 5.56 Å². The summed E-state index contributed by atoms with van der Waals surface area (Å²) in [5.41, 5.74) is 2.78. The van der Waals surface area contributed by atoms with Gasteiger partial charge in [0.25, 0.3) is 5.69 Å². The highest BCUT2D eigenvalue weighted by atomic mass is 16.6. The first-order valence-electron chi connectivity index (χ1n) is 5.74. The summed E-state index contributed by atoms with van der Waals surface area (Å²) in [6.45, 7) is 3.80. The van der Waals surface area contributed by atoms with Crippen LogP contribution in [0.1, 0.15) is 19.4 Å². The molecule has 0 saturated carbocycles. The van der Waals surface area contributed by atoms with Crippen molar-refractivity contribution in [2.45, 2.75) is 13.8 Å². The monoisotopic (exact) mass is 240 g/mol. The zero-order valence-corrected chi connectivity index (χ0v) is 10.4. The van der Waals surface area contributed by atoms with Crippen LogP contribution in [0.3, 0.4) is 0 Å². The van der Waals surface area contributed by atoms with Crippen molar-refractivity contribution in [1.29, 1.82) is 0 Å². The van der Waals surface area contributed by atoms with E-state index < -0.39 is 0 Å². The van der Waals surface area contributed by atoms with Crippen LogP contribution in [0, 0.1) is 16.0 Å². The Morgan fingerprint density at radius 3 is 2.22 bits per heavy atom. The van der Waals surface area contributed by atoms with E-state index in [4.69, 9.17) is 0 Å². The van der Waals surface area contributed by atoms with E-state index in [1.54, 1.807) is 12.1 Å². The molecule has 0 N–H and O–H groups in total. The second kappa shape index (κ2) is 5.00. The quantitative estimate of drug-likeness (QED) is 0.595. The van der Waals surface area contributed by atoms with E-state index in [-0.39, 0.29) is 10.6 Å². The molecule has 0 aliphatic heterocycles. The first-order valence-corrected chi connectivity index (χ1v) is 5.74. The van der Waals surface area contributed by atoms with Gasteiger partial charge >= 0.3 is 0 Å². The Morgan fingerprint density at radius 1 is 1.00 bits per heavy atom. The molecule has 0 saturated heterocycles. The van der Waals surface area contributed by atoms with E-state index >= 15 is 0 Å². The standard InChI is InChI=1S/C15H14NO2/c1-11(2)15-13(12-7-4-3-5-8-12)9-6-10-14(15)16(17)18/h3-10H,1-2H3. The smallest absolute Gasteiger partial charge is 0.258 e. The van der Waals surface area contributed by atoms with Crippen LogP contribution in [0.25, 0.3) is 11.1 Å². The normalized spacial score (nSPS) is 10.6. The van der Waals surface area contributed by atoms with Gasteiger partial charge in [-0.25, -0.2) is 0 Å². The van der Waals surface area contributed by atoms with Crippen molar-refractivity contribution in [1.82, 2.24) is 0 Å². The topological polar surface area (TPSA) is 43.1 Å². The molecule has 2 aromatic carbocycles. The summed E-state index contributed by atoms with van der Waals surface area (Å²) in [6.07, 6.45) is 0. The molecule has 0 heterocycles. The molecular formula is C15H14NO2. The van der Waals surface area contributed by atoms with Crippen molar-refractivity contribution >= 4 is 5.69 Å². The molecule has 0 aromatic heterocycles. The van der Waals surface area contributed by atoms with Crippen LogP contribution >= 0.6 is 0 Å². The molecule has 2 rings (SSSR count). The fraction of sp³-hybridized carbons (Fsp3) is 0.133. The number of hydrogen-bond acceptors (Lipinski definition) is 2. The van der Waals surface area contributed by atoms with E-state index in [9.17, 15) is 10.1 Å². The Balaban J connectivity index is 2.68. The minimum atomic E-state index is -0.325. The summed E-state index contributed by atoms with van der Waals surface area (Å²) in [7, 11) is 0. The summed E-state index contributed by atoms with van der Waals surface area (Å²) in [5, 5.41) is 11.1. The molecule has 0 amide bonds. The van der Waals surface area contributed by atoms with Crippen molar-refractivity contribution < 1.29 is 4.92 Å². The zero-order chi connectivity index (χ0) is 13.1. The molecule has 3 heteroatoms. The van der Waals surface area contributed by atoms with Gasteiger partial charge in [-0.2, -0.15) is 0 Å². The molecule has 0 bridgehead atoms. The van der Waals surface area contributed by atoms with Crippen LogP contribution in [-0.2, 0) is 0 Å². The van der Waals surface area contributed by atoms with E-state index in [0.717, 1.165) is 17.0 Å². The van der Waals surface area contributed by atoms with Crippen molar-refractivity contribution in [2.24, 2.45) is 0 Å². The maximum atomic E-state index is 11.1. The third-order valence-corrected chi connectivity index (χ3v) is 2.82. The average molecular weight is 240 g/mol.